The molecule has 1 aromatic rings. The molecule has 5 heteroatoms. The van der Waals surface area contributed by atoms with Crippen molar-refractivity contribution < 1.29 is 4.79 Å². The van der Waals surface area contributed by atoms with Gasteiger partial charge in [-0.3, -0.25) is 10.1 Å². The Morgan fingerprint density at radius 3 is 3.11 bits per heavy atom. The molecule has 5 nitrogen and oxygen atoms in total. The van der Waals surface area contributed by atoms with Gasteiger partial charge < -0.3 is 0 Å². The van der Waals surface area contributed by atoms with Crippen LogP contribution in [0, 0.1) is 0 Å². The third-order valence-electron chi connectivity index (χ3n) is 0.899. The van der Waals surface area contributed by atoms with Crippen molar-refractivity contribution in [1.29, 1.82) is 0 Å². The van der Waals surface area contributed by atoms with Crippen LogP contribution in [0.2, 0.25) is 0 Å². The Balaban J connectivity index is 2.80. The van der Waals surface area contributed by atoms with Gasteiger partial charge in [0.2, 0.25) is 12.4 Å². The van der Waals surface area contributed by atoms with Crippen LogP contribution in [0.1, 0.15) is 0 Å². The molecule has 48 valence electrons. The minimum absolute atomic E-state index is 0.449. The van der Waals surface area contributed by atoms with Gasteiger partial charge in [0.25, 0.3) is 0 Å². The molecule has 0 fully saturated rings. The Hall–Kier alpha value is -1.39. The number of rotatable bonds is 2. The van der Waals surface area contributed by atoms with Crippen molar-refractivity contribution in [2.45, 2.75) is 0 Å². The lowest BCUT2D eigenvalue weighted by molar-refractivity contribution is -0.105. The fraction of sp³-hybridized carbons (Fsp3) is 0.250. The number of nitrogens with zero attached hydrogens (tertiary/aromatic N) is 3. The molecule has 0 radical (unpaired) electrons. The summed E-state index contributed by atoms with van der Waals surface area (Å²) in [6.07, 6.45) is 1.93. The van der Waals surface area contributed by atoms with E-state index < -0.39 is 0 Å². The average Bonchev–Trinajstić information content (AvgIpc) is 2.18. The number of carbonyl (C=O) groups excluding carboxylic acids is 1. The molecular weight excluding hydrogens is 120 g/mol. The number of carbonyl (C=O) groups is 1. The SMILES string of the molecule is Cn1ncnc1NC=O. The van der Waals surface area contributed by atoms with Gasteiger partial charge in [0.05, 0.1) is 0 Å². The van der Waals surface area contributed by atoms with Gasteiger partial charge in [0.1, 0.15) is 6.33 Å². The zero-order valence-electron chi connectivity index (χ0n) is 4.90. The molecule has 0 aliphatic carbocycles. The summed E-state index contributed by atoms with van der Waals surface area (Å²) in [6.45, 7) is 0. The summed E-state index contributed by atoms with van der Waals surface area (Å²) < 4.78 is 1.47. The molecule has 0 atom stereocenters. The van der Waals surface area contributed by atoms with E-state index in [2.05, 4.69) is 15.4 Å². The van der Waals surface area contributed by atoms with E-state index >= 15 is 0 Å². The van der Waals surface area contributed by atoms with Crippen LogP contribution < -0.4 is 5.32 Å². The molecule has 0 aromatic carbocycles. The number of aryl methyl sites for hydroxylation is 1. The third kappa shape index (κ3) is 1.04. The van der Waals surface area contributed by atoms with Crippen LogP contribution in [0.15, 0.2) is 6.33 Å². The first-order chi connectivity index (χ1) is 4.34. The van der Waals surface area contributed by atoms with Gasteiger partial charge in [0, 0.05) is 7.05 Å². The molecule has 0 aliphatic heterocycles. The van der Waals surface area contributed by atoms with Crippen LogP contribution >= 0.6 is 0 Å². The average molecular weight is 126 g/mol. The van der Waals surface area contributed by atoms with Crippen molar-refractivity contribution in [3.63, 3.8) is 0 Å². The largest absolute Gasteiger partial charge is 0.297 e. The monoisotopic (exact) mass is 126 g/mol. The van der Waals surface area contributed by atoms with Crippen molar-refractivity contribution in [3.8, 4) is 0 Å². The van der Waals surface area contributed by atoms with Crippen LogP contribution in [-0.2, 0) is 11.8 Å². The zero-order valence-corrected chi connectivity index (χ0v) is 4.90. The van der Waals surface area contributed by atoms with Crippen LogP contribution in [-0.4, -0.2) is 21.2 Å². The summed E-state index contributed by atoms with van der Waals surface area (Å²) in [6, 6.07) is 0. The van der Waals surface area contributed by atoms with E-state index in [4.69, 9.17) is 0 Å². The first-order valence-electron chi connectivity index (χ1n) is 2.39. The van der Waals surface area contributed by atoms with E-state index in [1.165, 1.54) is 11.0 Å². The summed E-state index contributed by atoms with van der Waals surface area (Å²) in [7, 11) is 1.69. The van der Waals surface area contributed by atoms with Crippen molar-refractivity contribution in [2.24, 2.45) is 7.05 Å². The number of aromatic nitrogens is 3. The maximum Gasteiger partial charge on any atom is 0.227 e. The van der Waals surface area contributed by atoms with Crippen molar-refractivity contribution in [2.75, 3.05) is 5.32 Å². The first kappa shape index (κ1) is 5.74. The highest BCUT2D eigenvalue weighted by Crippen LogP contribution is 1.93. The van der Waals surface area contributed by atoms with Crippen LogP contribution in [0.5, 0.6) is 0 Å². The van der Waals surface area contributed by atoms with Gasteiger partial charge in [-0.05, 0) is 0 Å². The summed E-state index contributed by atoms with van der Waals surface area (Å²) in [5.74, 6) is 0.449. The Kier molecular flexibility index (Phi) is 1.44. The summed E-state index contributed by atoms with van der Waals surface area (Å²) in [5, 5.41) is 6.08. The number of hydrogen-bond acceptors (Lipinski definition) is 3. The van der Waals surface area contributed by atoms with Gasteiger partial charge in [0.15, 0.2) is 0 Å². The second kappa shape index (κ2) is 2.25. The minimum atomic E-state index is 0.449. The molecule has 0 bridgehead atoms. The van der Waals surface area contributed by atoms with Crippen LogP contribution in [0.4, 0.5) is 5.95 Å². The van der Waals surface area contributed by atoms with Gasteiger partial charge in [-0.25, -0.2) is 4.68 Å². The second-order valence-electron chi connectivity index (χ2n) is 1.47. The highest BCUT2D eigenvalue weighted by Gasteiger charge is 1.93. The third-order valence-corrected chi connectivity index (χ3v) is 0.899. The molecule has 1 rings (SSSR count). The second-order valence-corrected chi connectivity index (χ2v) is 1.47. The van der Waals surface area contributed by atoms with Crippen molar-refractivity contribution >= 4 is 12.4 Å². The lowest BCUT2D eigenvalue weighted by atomic mass is 10.9. The van der Waals surface area contributed by atoms with Crippen LogP contribution in [0.3, 0.4) is 0 Å². The molecule has 0 saturated carbocycles. The normalized spacial score (nSPS) is 9.00. The maximum atomic E-state index is 9.83. The smallest absolute Gasteiger partial charge is 0.227 e. The lowest BCUT2D eigenvalue weighted by Gasteiger charge is -1.92. The number of nitrogens with one attached hydrogen (secondary N) is 1. The molecule has 0 unspecified atom stereocenters. The molecule has 1 heterocycles. The van der Waals surface area contributed by atoms with E-state index in [1.807, 2.05) is 0 Å². The van der Waals surface area contributed by atoms with E-state index in [0.717, 1.165) is 0 Å². The van der Waals surface area contributed by atoms with Gasteiger partial charge in [-0.15, -0.1) is 0 Å². The fourth-order valence-corrected chi connectivity index (χ4v) is 0.480. The number of hydrogen-bond donors (Lipinski definition) is 1. The highest BCUT2D eigenvalue weighted by molar-refractivity contribution is 5.66. The zero-order chi connectivity index (χ0) is 6.69. The summed E-state index contributed by atoms with van der Waals surface area (Å²) >= 11 is 0. The topological polar surface area (TPSA) is 59.8 Å². The van der Waals surface area contributed by atoms with E-state index in [0.29, 0.717) is 12.4 Å². The fourth-order valence-electron chi connectivity index (χ4n) is 0.480. The molecule has 9 heavy (non-hydrogen) atoms. The van der Waals surface area contributed by atoms with Gasteiger partial charge >= 0.3 is 0 Å². The van der Waals surface area contributed by atoms with Crippen molar-refractivity contribution in [1.82, 2.24) is 14.8 Å². The Labute approximate surface area is 51.7 Å². The molecular formula is C4H6N4O. The van der Waals surface area contributed by atoms with Crippen molar-refractivity contribution in [3.05, 3.63) is 6.33 Å². The van der Waals surface area contributed by atoms with E-state index in [1.54, 1.807) is 7.05 Å². The predicted octanol–water partition coefficient (Wildman–Crippen LogP) is -0.617. The minimum Gasteiger partial charge on any atom is -0.297 e. The predicted molar refractivity (Wildman–Crippen MR) is 30.7 cm³/mol. The molecule has 0 saturated heterocycles. The van der Waals surface area contributed by atoms with Crippen LogP contribution in [0.25, 0.3) is 0 Å². The lowest BCUT2D eigenvalue weighted by Crippen LogP contribution is -2.02. The van der Waals surface area contributed by atoms with E-state index in [-0.39, 0.29) is 0 Å². The molecule has 1 N–H and O–H groups in total. The molecule has 0 spiro atoms. The van der Waals surface area contributed by atoms with E-state index in [9.17, 15) is 4.79 Å². The Bertz CT molecular complexity index is 206. The summed E-state index contributed by atoms with van der Waals surface area (Å²) in [5.41, 5.74) is 0. The Morgan fingerprint density at radius 1 is 1.89 bits per heavy atom. The summed E-state index contributed by atoms with van der Waals surface area (Å²) in [4.78, 5) is 13.5. The number of anilines is 1. The molecule has 0 aliphatic rings. The maximum absolute atomic E-state index is 9.83. The standard InChI is InChI=1S/C4H6N4O/c1-8-4(6-3-9)5-2-7-8/h2-3H,1H3,(H,5,6,7,9). The van der Waals surface area contributed by atoms with Gasteiger partial charge in [-0.2, -0.15) is 10.1 Å². The van der Waals surface area contributed by atoms with Gasteiger partial charge in [-0.1, -0.05) is 0 Å². The molecule has 1 aromatic heterocycles. The number of amides is 1. The Morgan fingerprint density at radius 2 is 2.67 bits per heavy atom. The quantitative estimate of drug-likeness (QED) is 0.537. The first-order valence-corrected chi connectivity index (χ1v) is 2.39. The molecule has 1 amide bonds. The highest BCUT2D eigenvalue weighted by atomic mass is 16.1.